The highest BCUT2D eigenvalue weighted by Gasteiger charge is 2.13. The van der Waals surface area contributed by atoms with Gasteiger partial charge in [0.05, 0.1) is 26.0 Å². The molecule has 1 aliphatic heterocycles. The van der Waals surface area contributed by atoms with Gasteiger partial charge >= 0.3 is 0 Å². The van der Waals surface area contributed by atoms with E-state index in [1.165, 1.54) is 24.4 Å². The Kier molecular flexibility index (Phi) is 4.91. The summed E-state index contributed by atoms with van der Waals surface area (Å²) in [5.74, 6) is -0.353. The molecule has 108 valence electrons. The van der Waals surface area contributed by atoms with Crippen LogP contribution in [0.3, 0.4) is 0 Å². The number of amides is 1. The van der Waals surface area contributed by atoms with E-state index in [1.807, 2.05) is 4.90 Å². The molecule has 1 aromatic carbocycles. The highest BCUT2D eigenvalue weighted by atomic mass is 16.5. The fourth-order valence-electron chi connectivity index (χ4n) is 1.81. The Morgan fingerprint density at radius 2 is 2.15 bits per heavy atom. The van der Waals surface area contributed by atoms with Crippen molar-refractivity contribution in [3.8, 4) is 11.5 Å². The number of hydrogen-bond acceptors (Lipinski definition) is 6. The van der Waals surface area contributed by atoms with E-state index < -0.39 is 0 Å². The maximum absolute atomic E-state index is 11.6. The quantitative estimate of drug-likeness (QED) is 0.527. The maximum atomic E-state index is 11.6. The van der Waals surface area contributed by atoms with Gasteiger partial charge in [-0.2, -0.15) is 5.10 Å². The predicted octanol–water partition coefficient (Wildman–Crippen LogP) is -0.120. The van der Waals surface area contributed by atoms with Gasteiger partial charge in [0.2, 0.25) is 0 Å². The highest BCUT2D eigenvalue weighted by Crippen LogP contribution is 2.20. The van der Waals surface area contributed by atoms with Crippen LogP contribution in [0, 0.1) is 0 Å². The zero-order valence-electron chi connectivity index (χ0n) is 11.0. The second kappa shape index (κ2) is 6.88. The molecule has 0 unspecified atom stereocenters. The number of nitrogens with zero attached hydrogens (tertiary/aromatic N) is 2. The Bertz CT molecular complexity index is 498. The molecule has 7 heteroatoms. The van der Waals surface area contributed by atoms with Crippen LogP contribution in [0.15, 0.2) is 23.3 Å². The normalized spacial score (nSPS) is 16.4. The minimum absolute atomic E-state index is 0.0315. The minimum atomic E-state index is -0.221. The van der Waals surface area contributed by atoms with Crippen LogP contribution in [0.5, 0.6) is 11.5 Å². The molecule has 0 atom stereocenters. The zero-order valence-corrected chi connectivity index (χ0v) is 11.0. The lowest BCUT2D eigenvalue weighted by molar-refractivity contribution is -0.123. The third-order valence-corrected chi connectivity index (χ3v) is 2.88. The zero-order chi connectivity index (χ0) is 14.4. The Labute approximate surface area is 116 Å². The smallest absolute Gasteiger partial charge is 0.254 e. The number of hydrogen-bond donors (Lipinski definition) is 3. The van der Waals surface area contributed by atoms with Crippen molar-refractivity contribution in [3.63, 3.8) is 0 Å². The summed E-state index contributed by atoms with van der Waals surface area (Å²) in [6.45, 7) is 3.00. The molecule has 20 heavy (non-hydrogen) atoms. The van der Waals surface area contributed by atoms with Gasteiger partial charge < -0.3 is 14.9 Å². The van der Waals surface area contributed by atoms with Gasteiger partial charge in [-0.05, 0) is 12.1 Å². The average Bonchev–Trinajstić information content (AvgIpc) is 2.42. The minimum Gasteiger partial charge on any atom is -0.508 e. The van der Waals surface area contributed by atoms with Crippen molar-refractivity contribution < 1.29 is 19.7 Å². The lowest BCUT2D eigenvalue weighted by atomic mass is 10.2. The first-order valence-corrected chi connectivity index (χ1v) is 6.29. The number of phenols is 2. The summed E-state index contributed by atoms with van der Waals surface area (Å²) < 4.78 is 5.19. The second-order valence-electron chi connectivity index (χ2n) is 4.42. The first-order chi connectivity index (χ1) is 9.65. The Morgan fingerprint density at radius 3 is 2.85 bits per heavy atom. The Balaban J connectivity index is 1.81. The predicted molar refractivity (Wildman–Crippen MR) is 72.8 cm³/mol. The molecule has 7 nitrogen and oxygen atoms in total. The van der Waals surface area contributed by atoms with Crippen molar-refractivity contribution in [1.29, 1.82) is 0 Å². The molecule has 1 saturated heterocycles. The van der Waals surface area contributed by atoms with E-state index in [0.717, 1.165) is 13.1 Å². The molecule has 0 aromatic heterocycles. The van der Waals surface area contributed by atoms with E-state index >= 15 is 0 Å². The lowest BCUT2D eigenvalue weighted by Gasteiger charge is -2.25. The number of ether oxygens (including phenoxy) is 1. The fraction of sp³-hybridized carbons (Fsp3) is 0.385. The summed E-state index contributed by atoms with van der Waals surface area (Å²) in [5.41, 5.74) is 2.81. The number of rotatable bonds is 4. The van der Waals surface area contributed by atoms with Gasteiger partial charge in [-0.3, -0.25) is 9.69 Å². The summed E-state index contributed by atoms with van der Waals surface area (Å²) in [6.07, 6.45) is 1.33. The molecule has 0 radical (unpaired) electrons. The SMILES string of the molecule is O=C(CN1CCOCC1)N/N=C/c1ccc(O)cc1O. The third kappa shape index (κ3) is 4.22. The largest absolute Gasteiger partial charge is 0.508 e. The first kappa shape index (κ1) is 14.3. The Morgan fingerprint density at radius 1 is 1.40 bits per heavy atom. The molecule has 1 aliphatic rings. The van der Waals surface area contributed by atoms with Crippen molar-refractivity contribution in [3.05, 3.63) is 23.8 Å². The molecule has 1 fully saturated rings. The average molecular weight is 279 g/mol. The van der Waals surface area contributed by atoms with Crippen molar-refractivity contribution >= 4 is 12.1 Å². The maximum Gasteiger partial charge on any atom is 0.254 e. The van der Waals surface area contributed by atoms with Crippen molar-refractivity contribution in [1.82, 2.24) is 10.3 Å². The highest BCUT2D eigenvalue weighted by molar-refractivity contribution is 5.85. The Hall–Kier alpha value is -2.12. The van der Waals surface area contributed by atoms with E-state index in [1.54, 1.807) is 0 Å². The fourth-order valence-corrected chi connectivity index (χ4v) is 1.81. The van der Waals surface area contributed by atoms with Crippen LogP contribution >= 0.6 is 0 Å². The monoisotopic (exact) mass is 279 g/mol. The van der Waals surface area contributed by atoms with Gasteiger partial charge in [0, 0.05) is 24.7 Å². The number of phenolic OH excluding ortho intramolecular Hbond substituents is 2. The second-order valence-corrected chi connectivity index (χ2v) is 4.42. The van der Waals surface area contributed by atoms with Crippen LogP contribution in [0.1, 0.15) is 5.56 Å². The number of carbonyl (C=O) groups excluding carboxylic acids is 1. The number of hydrazone groups is 1. The molecule has 2 rings (SSSR count). The van der Waals surface area contributed by atoms with Gasteiger partial charge in [0.1, 0.15) is 11.5 Å². The molecular weight excluding hydrogens is 262 g/mol. The topological polar surface area (TPSA) is 94.4 Å². The van der Waals surface area contributed by atoms with Crippen LogP contribution in [-0.4, -0.2) is 60.1 Å². The van der Waals surface area contributed by atoms with Crippen LogP contribution in [-0.2, 0) is 9.53 Å². The standard InChI is InChI=1S/C13H17N3O4/c17-11-2-1-10(12(18)7-11)8-14-15-13(19)9-16-3-5-20-6-4-16/h1-2,7-8,17-18H,3-6,9H2,(H,15,19)/b14-8+. The van der Waals surface area contributed by atoms with E-state index in [4.69, 9.17) is 9.84 Å². The number of benzene rings is 1. The van der Waals surface area contributed by atoms with Gasteiger partial charge in [-0.25, -0.2) is 5.43 Å². The summed E-state index contributed by atoms with van der Waals surface area (Å²) in [5, 5.41) is 22.4. The molecule has 1 amide bonds. The summed E-state index contributed by atoms with van der Waals surface area (Å²) in [4.78, 5) is 13.6. The van der Waals surface area contributed by atoms with Crippen LogP contribution in [0.25, 0.3) is 0 Å². The summed E-state index contributed by atoms with van der Waals surface area (Å²) >= 11 is 0. The van der Waals surface area contributed by atoms with E-state index in [9.17, 15) is 9.90 Å². The van der Waals surface area contributed by atoms with Crippen LogP contribution in [0.2, 0.25) is 0 Å². The van der Waals surface area contributed by atoms with Crippen LogP contribution < -0.4 is 5.43 Å². The third-order valence-electron chi connectivity index (χ3n) is 2.88. The van der Waals surface area contributed by atoms with Crippen LogP contribution in [0.4, 0.5) is 0 Å². The molecule has 0 aliphatic carbocycles. The van der Waals surface area contributed by atoms with Gasteiger partial charge in [-0.1, -0.05) is 0 Å². The lowest BCUT2D eigenvalue weighted by Crippen LogP contribution is -2.42. The van der Waals surface area contributed by atoms with Crippen molar-refractivity contribution in [2.24, 2.45) is 5.10 Å². The number of nitrogens with one attached hydrogen (secondary N) is 1. The summed E-state index contributed by atoms with van der Waals surface area (Å²) in [7, 11) is 0. The van der Waals surface area contributed by atoms with E-state index in [2.05, 4.69) is 10.5 Å². The molecule has 1 heterocycles. The van der Waals surface area contributed by atoms with E-state index in [0.29, 0.717) is 18.8 Å². The molecule has 0 saturated carbocycles. The molecule has 0 spiro atoms. The number of morpholine rings is 1. The van der Waals surface area contributed by atoms with E-state index in [-0.39, 0.29) is 24.0 Å². The van der Waals surface area contributed by atoms with Crippen molar-refractivity contribution in [2.75, 3.05) is 32.8 Å². The molecule has 1 aromatic rings. The molecule has 3 N–H and O–H groups in total. The van der Waals surface area contributed by atoms with Gasteiger partial charge in [0.25, 0.3) is 5.91 Å². The van der Waals surface area contributed by atoms with Gasteiger partial charge in [0.15, 0.2) is 0 Å². The first-order valence-electron chi connectivity index (χ1n) is 6.29. The molecular formula is C13H17N3O4. The molecule has 0 bridgehead atoms. The number of aromatic hydroxyl groups is 2. The summed E-state index contributed by atoms with van der Waals surface area (Å²) in [6, 6.07) is 4.13. The van der Waals surface area contributed by atoms with Crippen molar-refractivity contribution in [2.45, 2.75) is 0 Å². The van der Waals surface area contributed by atoms with Gasteiger partial charge in [-0.15, -0.1) is 0 Å². The number of carbonyl (C=O) groups is 1.